The van der Waals surface area contributed by atoms with Gasteiger partial charge in [0.25, 0.3) is 0 Å². The zero-order valence-electron chi connectivity index (χ0n) is 7.91. The second-order valence-electron chi connectivity index (χ2n) is 3.36. The van der Waals surface area contributed by atoms with E-state index < -0.39 is 0 Å². The third-order valence-electron chi connectivity index (χ3n) is 1.75. The summed E-state index contributed by atoms with van der Waals surface area (Å²) in [6.07, 6.45) is 0. The van der Waals surface area contributed by atoms with Crippen molar-refractivity contribution < 1.29 is 10.2 Å². The zero-order chi connectivity index (χ0) is 9.84. The monoisotopic (exact) mass is 181 g/mol. The van der Waals surface area contributed by atoms with Gasteiger partial charge in [0.2, 0.25) is 0 Å². The minimum atomic E-state index is -0.0757. The molecule has 0 spiro atoms. The molecule has 0 atom stereocenters. The van der Waals surface area contributed by atoms with Crippen LogP contribution in [0.3, 0.4) is 0 Å². The van der Waals surface area contributed by atoms with Crippen LogP contribution in [0.1, 0.15) is 19.4 Å². The van der Waals surface area contributed by atoms with Gasteiger partial charge in [-0.1, -0.05) is 19.9 Å². The molecule has 0 heterocycles. The van der Waals surface area contributed by atoms with Gasteiger partial charge in [0.05, 0.1) is 0 Å². The molecule has 72 valence electrons. The first kappa shape index (κ1) is 9.86. The first-order valence-electron chi connectivity index (χ1n) is 4.34. The summed E-state index contributed by atoms with van der Waals surface area (Å²) in [5.74, 6) is -0.142. The van der Waals surface area contributed by atoms with E-state index in [0.717, 1.165) is 5.56 Å². The Balaban J connectivity index is 2.63. The largest absolute Gasteiger partial charge is 0.504 e. The Labute approximate surface area is 78.0 Å². The summed E-state index contributed by atoms with van der Waals surface area (Å²) in [7, 11) is 0. The summed E-state index contributed by atoms with van der Waals surface area (Å²) >= 11 is 0. The molecule has 0 aliphatic heterocycles. The highest BCUT2D eigenvalue weighted by Gasteiger charge is 2.00. The number of phenolic OH excluding ortho intramolecular Hbond substituents is 2. The number of aromatic hydroxyl groups is 2. The Morgan fingerprint density at radius 1 is 1.23 bits per heavy atom. The Kier molecular flexibility index (Phi) is 3.14. The van der Waals surface area contributed by atoms with Gasteiger partial charge in [0, 0.05) is 12.6 Å². The molecule has 13 heavy (non-hydrogen) atoms. The maximum absolute atomic E-state index is 9.19. The fraction of sp³-hybridized carbons (Fsp3) is 0.400. The molecule has 0 unspecified atom stereocenters. The lowest BCUT2D eigenvalue weighted by molar-refractivity contribution is 0.402. The van der Waals surface area contributed by atoms with Gasteiger partial charge in [-0.25, -0.2) is 0 Å². The quantitative estimate of drug-likeness (QED) is 0.621. The molecule has 0 saturated heterocycles. The van der Waals surface area contributed by atoms with Crippen molar-refractivity contribution in [2.45, 2.75) is 26.4 Å². The van der Waals surface area contributed by atoms with Gasteiger partial charge in [-0.2, -0.15) is 0 Å². The number of hydrogen-bond donors (Lipinski definition) is 3. The van der Waals surface area contributed by atoms with Crippen LogP contribution < -0.4 is 5.32 Å². The van der Waals surface area contributed by atoms with E-state index in [4.69, 9.17) is 5.11 Å². The van der Waals surface area contributed by atoms with Crippen molar-refractivity contribution in [3.8, 4) is 11.5 Å². The SMILES string of the molecule is CC(C)NCc1ccc(O)c(O)c1. The van der Waals surface area contributed by atoms with Crippen LogP contribution in [0.2, 0.25) is 0 Å². The van der Waals surface area contributed by atoms with Crippen molar-refractivity contribution in [1.29, 1.82) is 0 Å². The molecule has 1 rings (SSSR count). The summed E-state index contributed by atoms with van der Waals surface area (Å²) in [6.45, 7) is 4.81. The first-order chi connectivity index (χ1) is 6.09. The van der Waals surface area contributed by atoms with E-state index in [1.165, 1.54) is 6.07 Å². The zero-order valence-corrected chi connectivity index (χ0v) is 7.91. The number of hydrogen-bond acceptors (Lipinski definition) is 3. The van der Waals surface area contributed by atoms with Gasteiger partial charge in [0.1, 0.15) is 0 Å². The summed E-state index contributed by atoms with van der Waals surface area (Å²) in [5, 5.41) is 21.5. The van der Waals surface area contributed by atoms with Crippen LogP contribution in [0.25, 0.3) is 0 Å². The van der Waals surface area contributed by atoms with Gasteiger partial charge in [-0.05, 0) is 17.7 Å². The van der Waals surface area contributed by atoms with Crippen LogP contribution in [-0.2, 0) is 6.54 Å². The highest BCUT2D eigenvalue weighted by atomic mass is 16.3. The van der Waals surface area contributed by atoms with E-state index in [1.807, 2.05) is 0 Å². The van der Waals surface area contributed by atoms with Crippen molar-refractivity contribution in [2.75, 3.05) is 0 Å². The summed E-state index contributed by atoms with van der Waals surface area (Å²) in [4.78, 5) is 0. The maximum atomic E-state index is 9.19. The van der Waals surface area contributed by atoms with Gasteiger partial charge >= 0.3 is 0 Å². The normalized spacial score (nSPS) is 10.7. The standard InChI is InChI=1S/C10H15NO2/c1-7(2)11-6-8-3-4-9(12)10(13)5-8/h3-5,7,11-13H,6H2,1-2H3. The molecule has 0 fully saturated rings. The minimum Gasteiger partial charge on any atom is -0.504 e. The highest BCUT2D eigenvalue weighted by molar-refractivity contribution is 5.40. The van der Waals surface area contributed by atoms with Crippen molar-refractivity contribution in [3.63, 3.8) is 0 Å². The fourth-order valence-corrected chi connectivity index (χ4v) is 1.00. The Bertz CT molecular complexity index is 284. The van der Waals surface area contributed by atoms with E-state index >= 15 is 0 Å². The Morgan fingerprint density at radius 2 is 1.92 bits per heavy atom. The summed E-state index contributed by atoms with van der Waals surface area (Å²) in [5.41, 5.74) is 0.962. The first-order valence-corrected chi connectivity index (χ1v) is 4.34. The van der Waals surface area contributed by atoms with Gasteiger partial charge < -0.3 is 15.5 Å². The molecule has 0 saturated carbocycles. The summed E-state index contributed by atoms with van der Waals surface area (Å²) in [6, 6.07) is 5.25. The number of benzene rings is 1. The van der Waals surface area contributed by atoms with Crippen LogP contribution >= 0.6 is 0 Å². The third-order valence-corrected chi connectivity index (χ3v) is 1.75. The van der Waals surface area contributed by atoms with Crippen LogP contribution in [-0.4, -0.2) is 16.3 Å². The van der Waals surface area contributed by atoms with E-state index in [2.05, 4.69) is 19.2 Å². The average Bonchev–Trinajstić information content (AvgIpc) is 2.07. The number of rotatable bonds is 3. The number of phenols is 2. The third kappa shape index (κ3) is 2.95. The summed E-state index contributed by atoms with van der Waals surface area (Å²) < 4.78 is 0. The molecular formula is C10H15NO2. The van der Waals surface area contributed by atoms with Crippen molar-refractivity contribution in [3.05, 3.63) is 23.8 Å². The van der Waals surface area contributed by atoms with Crippen molar-refractivity contribution in [2.24, 2.45) is 0 Å². The molecular weight excluding hydrogens is 166 g/mol. The topological polar surface area (TPSA) is 52.5 Å². The van der Waals surface area contributed by atoms with Gasteiger partial charge in [-0.3, -0.25) is 0 Å². The second kappa shape index (κ2) is 4.14. The predicted molar refractivity (Wildman–Crippen MR) is 51.7 cm³/mol. The average molecular weight is 181 g/mol. The van der Waals surface area contributed by atoms with Crippen LogP contribution in [0.15, 0.2) is 18.2 Å². The van der Waals surface area contributed by atoms with E-state index in [1.54, 1.807) is 12.1 Å². The molecule has 3 heteroatoms. The van der Waals surface area contributed by atoms with E-state index in [0.29, 0.717) is 12.6 Å². The lowest BCUT2D eigenvalue weighted by Gasteiger charge is -2.08. The molecule has 1 aromatic rings. The van der Waals surface area contributed by atoms with Crippen LogP contribution in [0.5, 0.6) is 11.5 Å². The van der Waals surface area contributed by atoms with Gasteiger partial charge in [-0.15, -0.1) is 0 Å². The number of nitrogens with one attached hydrogen (secondary N) is 1. The molecule has 0 aliphatic carbocycles. The van der Waals surface area contributed by atoms with E-state index in [9.17, 15) is 5.11 Å². The molecule has 0 bridgehead atoms. The smallest absolute Gasteiger partial charge is 0.157 e. The molecule has 0 amide bonds. The Hall–Kier alpha value is -1.22. The van der Waals surface area contributed by atoms with Crippen LogP contribution in [0.4, 0.5) is 0 Å². The molecule has 3 nitrogen and oxygen atoms in total. The molecule has 1 aromatic carbocycles. The molecule has 0 aliphatic rings. The molecule has 0 radical (unpaired) electrons. The lowest BCUT2D eigenvalue weighted by atomic mass is 10.2. The second-order valence-corrected chi connectivity index (χ2v) is 3.36. The molecule has 0 aromatic heterocycles. The fourth-order valence-electron chi connectivity index (χ4n) is 1.00. The Morgan fingerprint density at radius 3 is 2.46 bits per heavy atom. The molecule has 3 N–H and O–H groups in total. The lowest BCUT2D eigenvalue weighted by Crippen LogP contribution is -2.21. The highest BCUT2D eigenvalue weighted by Crippen LogP contribution is 2.24. The van der Waals surface area contributed by atoms with Crippen molar-refractivity contribution >= 4 is 0 Å². The van der Waals surface area contributed by atoms with Crippen LogP contribution in [0, 0.1) is 0 Å². The maximum Gasteiger partial charge on any atom is 0.157 e. The minimum absolute atomic E-state index is 0.0666. The van der Waals surface area contributed by atoms with Crippen molar-refractivity contribution in [1.82, 2.24) is 5.32 Å². The van der Waals surface area contributed by atoms with Gasteiger partial charge in [0.15, 0.2) is 11.5 Å². The van der Waals surface area contributed by atoms with E-state index in [-0.39, 0.29) is 11.5 Å². The predicted octanol–water partition coefficient (Wildman–Crippen LogP) is 1.60.